The molecule has 0 radical (unpaired) electrons. The summed E-state index contributed by atoms with van der Waals surface area (Å²) in [6.45, 7) is 1.68. The topological polar surface area (TPSA) is 72.2 Å². The third kappa shape index (κ3) is 3.99. The third-order valence-corrected chi connectivity index (χ3v) is 2.95. The Balaban J connectivity index is 2.08. The molecule has 0 saturated carbocycles. The van der Waals surface area contributed by atoms with Gasteiger partial charge in [0.2, 0.25) is 5.91 Å². The number of benzene rings is 2. The van der Waals surface area contributed by atoms with Gasteiger partial charge in [-0.1, -0.05) is 12.1 Å². The number of carbonyl (C=O) groups excluding carboxylic acids is 1. The molecule has 0 aliphatic rings. The van der Waals surface area contributed by atoms with E-state index >= 15 is 0 Å². The first kappa shape index (κ1) is 15.4. The zero-order chi connectivity index (χ0) is 16.1. The number of carbonyl (C=O) groups is 1. The number of hydrogen-bond donors (Lipinski definition) is 1. The minimum Gasteiger partial charge on any atom is -0.322 e. The third-order valence-electron chi connectivity index (χ3n) is 2.95. The molecule has 0 bridgehead atoms. The van der Waals surface area contributed by atoms with Gasteiger partial charge in [-0.15, -0.1) is 0 Å². The fraction of sp³-hybridized carbons (Fsp3) is 0.0625. The van der Waals surface area contributed by atoms with Crippen LogP contribution in [0.4, 0.5) is 15.8 Å². The molecule has 6 heteroatoms. The predicted molar refractivity (Wildman–Crippen MR) is 81.9 cm³/mol. The average molecular weight is 300 g/mol. The Hall–Kier alpha value is -3.02. The number of nitro benzene ring substituents is 1. The van der Waals surface area contributed by atoms with Crippen LogP contribution >= 0.6 is 0 Å². The molecule has 0 aliphatic heterocycles. The SMILES string of the molecule is Cc1cc(F)ccc1NC(=O)/C=C\c1cccc([N+](=O)[O-])c1. The Kier molecular flexibility index (Phi) is 4.63. The highest BCUT2D eigenvalue weighted by Gasteiger charge is 2.05. The maximum Gasteiger partial charge on any atom is 0.270 e. The van der Waals surface area contributed by atoms with Gasteiger partial charge in [0.05, 0.1) is 4.92 Å². The summed E-state index contributed by atoms with van der Waals surface area (Å²) in [5.74, 6) is -0.774. The molecule has 0 aliphatic carbocycles. The van der Waals surface area contributed by atoms with Crippen molar-refractivity contribution in [1.29, 1.82) is 0 Å². The molecule has 22 heavy (non-hydrogen) atoms. The Bertz CT molecular complexity index is 757. The van der Waals surface area contributed by atoms with Crippen LogP contribution in [-0.4, -0.2) is 10.8 Å². The molecule has 1 N–H and O–H groups in total. The van der Waals surface area contributed by atoms with E-state index in [0.717, 1.165) is 0 Å². The highest BCUT2D eigenvalue weighted by Crippen LogP contribution is 2.16. The molecule has 2 rings (SSSR count). The summed E-state index contributed by atoms with van der Waals surface area (Å²) in [5.41, 5.74) is 1.62. The second-order valence-corrected chi connectivity index (χ2v) is 4.63. The minimum atomic E-state index is -0.501. The standard InChI is InChI=1S/C16H13FN2O3/c1-11-9-13(17)6-7-15(11)18-16(20)8-5-12-3-2-4-14(10-12)19(21)22/h2-10H,1H3,(H,18,20)/b8-5-. The van der Waals surface area contributed by atoms with E-state index in [2.05, 4.69) is 5.32 Å². The van der Waals surface area contributed by atoms with Crippen molar-refractivity contribution >= 4 is 23.4 Å². The van der Waals surface area contributed by atoms with Crippen molar-refractivity contribution in [2.75, 3.05) is 5.32 Å². The lowest BCUT2D eigenvalue weighted by Gasteiger charge is -2.05. The van der Waals surface area contributed by atoms with Crippen LogP contribution in [0.5, 0.6) is 0 Å². The van der Waals surface area contributed by atoms with E-state index in [0.29, 0.717) is 16.8 Å². The van der Waals surface area contributed by atoms with E-state index in [1.807, 2.05) is 0 Å². The maximum atomic E-state index is 13.0. The largest absolute Gasteiger partial charge is 0.322 e. The fourth-order valence-corrected chi connectivity index (χ4v) is 1.86. The minimum absolute atomic E-state index is 0.0445. The van der Waals surface area contributed by atoms with Gasteiger partial charge in [-0.2, -0.15) is 0 Å². The number of non-ortho nitro benzene ring substituents is 1. The number of anilines is 1. The molecule has 5 nitrogen and oxygen atoms in total. The van der Waals surface area contributed by atoms with Gasteiger partial charge in [-0.25, -0.2) is 4.39 Å². The zero-order valence-electron chi connectivity index (χ0n) is 11.7. The summed E-state index contributed by atoms with van der Waals surface area (Å²) in [6.07, 6.45) is 2.74. The number of nitrogens with zero attached hydrogens (tertiary/aromatic N) is 1. The number of nitro groups is 1. The lowest BCUT2D eigenvalue weighted by atomic mass is 10.2. The molecular formula is C16H13FN2O3. The molecular weight excluding hydrogens is 287 g/mol. The van der Waals surface area contributed by atoms with Gasteiger partial charge in [0, 0.05) is 23.9 Å². The fourth-order valence-electron chi connectivity index (χ4n) is 1.86. The molecule has 0 spiro atoms. The molecule has 0 atom stereocenters. The highest BCUT2D eigenvalue weighted by atomic mass is 19.1. The first-order valence-corrected chi connectivity index (χ1v) is 6.45. The van der Waals surface area contributed by atoms with Crippen molar-refractivity contribution in [2.24, 2.45) is 0 Å². The van der Waals surface area contributed by atoms with Crippen LogP contribution in [0.25, 0.3) is 6.08 Å². The van der Waals surface area contributed by atoms with E-state index in [9.17, 15) is 19.3 Å². The maximum absolute atomic E-state index is 13.0. The Labute approximate surface area is 126 Å². The van der Waals surface area contributed by atoms with Crippen LogP contribution in [0.3, 0.4) is 0 Å². The van der Waals surface area contributed by atoms with Crippen LogP contribution < -0.4 is 5.32 Å². The van der Waals surface area contributed by atoms with Gasteiger partial charge < -0.3 is 5.32 Å². The predicted octanol–water partition coefficient (Wildman–Crippen LogP) is 3.69. The van der Waals surface area contributed by atoms with E-state index in [4.69, 9.17) is 0 Å². The van der Waals surface area contributed by atoms with Crippen LogP contribution in [-0.2, 0) is 4.79 Å². The van der Waals surface area contributed by atoms with Crippen LogP contribution in [0.1, 0.15) is 11.1 Å². The van der Waals surface area contributed by atoms with Crippen molar-refractivity contribution in [3.8, 4) is 0 Å². The normalized spacial score (nSPS) is 10.6. The van der Waals surface area contributed by atoms with E-state index in [-0.39, 0.29) is 11.5 Å². The van der Waals surface area contributed by atoms with Crippen molar-refractivity contribution in [3.05, 3.63) is 75.6 Å². The van der Waals surface area contributed by atoms with Crippen LogP contribution in [0.2, 0.25) is 0 Å². The summed E-state index contributed by atoms with van der Waals surface area (Å²) in [6, 6.07) is 9.99. The Morgan fingerprint density at radius 3 is 2.73 bits per heavy atom. The smallest absolute Gasteiger partial charge is 0.270 e. The lowest BCUT2D eigenvalue weighted by molar-refractivity contribution is -0.384. The molecule has 1 amide bonds. The molecule has 0 aromatic heterocycles. The van der Waals surface area contributed by atoms with E-state index in [1.165, 1.54) is 42.5 Å². The summed E-state index contributed by atoms with van der Waals surface area (Å²) in [7, 11) is 0. The number of nitrogens with one attached hydrogen (secondary N) is 1. The number of hydrogen-bond acceptors (Lipinski definition) is 3. The number of rotatable bonds is 4. The first-order chi connectivity index (χ1) is 10.5. The monoisotopic (exact) mass is 300 g/mol. The van der Waals surface area contributed by atoms with Gasteiger partial charge in [0.1, 0.15) is 5.82 Å². The Morgan fingerprint density at radius 1 is 1.27 bits per heavy atom. The average Bonchev–Trinajstić information content (AvgIpc) is 2.48. The molecule has 112 valence electrons. The van der Waals surface area contributed by atoms with Crippen molar-refractivity contribution in [2.45, 2.75) is 6.92 Å². The van der Waals surface area contributed by atoms with Crippen molar-refractivity contribution < 1.29 is 14.1 Å². The lowest BCUT2D eigenvalue weighted by Crippen LogP contribution is -2.09. The van der Waals surface area contributed by atoms with Gasteiger partial charge in [-0.3, -0.25) is 14.9 Å². The summed E-state index contributed by atoms with van der Waals surface area (Å²) in [5, 5.41) is 13.3. The van der Waals surface area contributed by atoms with E-state index < -0.39 is 10.8 Å². The molecule has 0 saturated heterocycles. The number of aryl methyl sites for hydroxylation is 1. The second-order valence-electron chi connectivity index (χ2n) is 4.63. The van der Waals surface area contributed by atoms with Crippen molar-refractivity contribution in [1.82, 2.24) is 0 Å². The molecule has 0 unspecified atom stereocenters. The van der Waals surface area contributed by atoms with Crippen LogP contribution in [0.15, 0.2) is 48.5 Å². The summed E-state index contributed by atoms with van der Waals surface area (Å²) in [4.78, 5) is 22.0. The molecule has 0 heterocycles. The number of amides is 1. The second kappa shape index (κ2) is 6.62. The van der Waals surface area contributed by atoms with Crippen molar-refractivity contribution in [3.63, 3.8) is 0 Å². The quantitative estimate of drug-likeness (QED) is 0.531. The van der Waals surface area contributed by atoms with Gasteiger partial charge >= 0.3 is 0 Å². The Morgan fingerprint density at radius 2 is 2.05 bits per heavy atom. The first-order valence-electron chi connectivity index (χ1n) is 6.45. The van der Waals surface area contributed by atoms with Crippen LogP contribution in [0, 0.1) is 22.9 Å². The zero-order valence-corrected chi connectivity index (χ0v) is 11.7. The van der Waals surface area contributed by atoms with Gasteiger partial charge in [0.25, 0.3) is 5.69 Å². The highest BCUT2D eigenvalue weighted by molar-refractivity contribution is 6.02. The molecule has 2 aromatic carbocycles. The van der Waals surface area contributed by atoms with Gasteiger partial charge in [-0.05, 0) is 42.3 Å². The summed E-state index contributed by atoms with van der Waals surface area (Å²) < 4.78 is 13.0. The summed E-state index contributed by atoms with van der Waals surface area (Å²) >= 11 is 0. The molecule has 2 aromatic rings. The number of halogens is 1. The van der Waals surface area contributed by atoms with E-state index in [1.54, 1.807) is 19.1 Å². The van der Waals surface area contributed by atoms with Gasteiger partial charge in [0.15, 0.2) is 0 Å². The molecule has 0 fully saturated rings.